The Bertz CT molecular complexity index is 479. The van der Waals surface area contributed by atoms with Gasteiger partial charge < -0.3 is 9.64 Å². The van der Waals surface area contributed by atoms with Gasteiger partial charge in [-0.3, -0.25) is 4.90 Å². The Balaban J connectivity index is 1.99. The summed E-state index contributed by atoms with van der Waals surface area (Å²) in [6, 6.07) is 2.39. The van der Waals surface area contributed by atoms with Crippen LogP contribution < -0.4 is 9.64 Å². The van der Waals surface area contributed by atoms with Crippen molar-refractivity contribution in [3.63, 3.8) is 0 Å². The summed E-state index contributed by atoms with van der Waals surface area (Å²) in [6.45, 7) is 10.0. The highest BCUT2D eigenvalue weighted by molar-refractivity contribution is 7.99. The standard InChI is InChI=1S/C17H28N4OS/c1-4-6-7-15(14-21-10-12-23-13-11-21)22-17-18-9-8-16(19-17)20(3)5-2/h4,8-9,15H,1,5-7,10-14H2,2-3H3. The molecule has 0 aliphatic carbocycles. The largest absolute Gasteiger partial charge is 0.459 e. The summed E-state index contributed by atoms with van der Waals surface area (Å²) in [6.07, 6.45) is 5.72. The van der Waals surface area contributed by atoms with Crippen LogP contribution in [0, 0.1) is 0 Å². The van der Waals surface area contributed by atoms with E-state index >= 15 is 0 Å². The smallest absolute Gasteiger partial charge is 0.318 e. The van der Waals surface area contributed by atoms with Crippen LogP contribution in [0.25, 0.3) is 0 Å². The average molecular weight is 337 g/mol. The maximum Gasteiger partial charge on any atom is 0.318 e. The van der Waals surface area contributed by atoms with Gasteiger partial charge in [0.25, 0.3) is 0 Å². The Morgan fingerprint density at radius 2 is 2.26 bits per heavy atom. The molecular formula is C17H28N4OS. The maximum atomic E-state index is 6.11. The molecule has 23 heavy (non-hydrogen) atoms. The van der Waals surface area contributed by atoms with E-state index in [0.29, 0.717) is 6.01 Å². The summed E-state index contributed by atoms with van der Waals surface area (Å²) >= 11 is 2.03. The van der Waals surface area contributed by atoms with E-state index in [1.165, 1.54) is 11.5 Å². The molecule has 1 saturated heterocycles. The van der Waals surface area contributed by atoms with Gasteiger partial charge in [0, 0.05) is 50.9 Å². The summed E-state index contributed by atoms with van der Waals surface area (Å²) in [4.78, 5) is 13.4. The summed E-state index contributed by atoms with van der Waals surface area (Å²) in [5.41, 5.74) is 0. The molecule has 1 aromatic heterocycles. The second-order valence-electron chi connectivity index (χ2n) is 5.73. The molecule has 5 nitrogen and oxygen atoms in total. The maximum absolute atomic E-state index is 6.11. The number of anilines is 1. The third-order valence-corrected chi connectivity index (χ3v) is 4.96. The first-order valence-corrected chi connectivity index (χ1v) is 9.50. The van der Waals surface area contributed by atoms with Crippen molar-refractivity contribution in [2.45, 2.75) is 25.9 Å². The van der Waals surface area contributed by atoms with Gasteiger partial charge in [0.2, 0.25) is 0 Å². The van der Waals surface area contributed by atoms with Crippen LogP contribution in [-0.4, -0.2) is 65.7 Å². The molecule has 0 amide bonds. The number of nitrogens with zero attached hydrogens (tertiary/aromatic N) is 4. The molecular weight excluding hydrogens is 308 g/mol. The lowest BCUT2D eigenvalue weighted by Gasteiger charge is -2.30. The average Bonchev–Trinajstić information content (AvgIpc) is 2.60. The highest BCUT2D eigenvalue weighted by atomic mass is 32.2. The van der Waals surface area contributed by atoms with E-state index in [-0.39, 0.29) is 6.10 Å². The van der Waals surface area contributed by atoms with Gasteiger partial charge in [0.15, 0.2) is 0 Å². The van der Waals surface area contributed by atoms with Gasteiger partial charge in [0.05, 0.1) is 0 Å². The van der Waals surface area contributed by atoms with E-state index in [4.69, 9.17) is 4.74 Å². The molecule has 128 valence electrons. The van der Waals surface area contributed by atoms with Gasteiger partial charge in [-0.15, -0.1) is 6.58 Å². The molecule has 0 radical (unpaired) electrons. The van der Waals surface area contributed by atoms with Gasteiger partial charge >= 0.3 is 6.01 Å². The number of rotatable bonds is 9. The zero-order valence-electron chi connectivity index (χ0n) is 14.3. The van der Waals surface area contributed by atoms with Crippen LogP contribution >= 0.6 is 11.8 Å². The minimum absolute atomic E-state index is 0.110. The van der Waals surface area contributed by atoms with E-state index in [0.717, 1.165) is 44.8 Å². The summed E-state index contributed by atoms with van der Waals surface area (Å²) < 4.78 is 6.11. The lowest BCUT2D eigenvalue weighted by molar-refractivity contribution is 0.122. The molecule has 2 heterocycles. The van der Waals surface area contributed by atoms with Crippen LogP contribution in [0.3, 0.4) is 0 Å². The third-order valence-electron chi connectivity index (χ3n) is 4.01. The zero-order chi connectivity index (χ0) is 16.5. The van der Waals surface area contributed by atoms with E-state index in [1.807, 2.05) is 31.0 Å². The fourth-order valence-corrected chi connectivity index (χ4v) is 3.45. The zero-order valence-corrected chi connectivity index (χ0v) is 15.1. The van der Waals surface area contributed by atoms with Crippen molar-refractivity contribution in [1.29, 1.82) is 0 Å². The molecule has 1 aliphatic rings. The first-order valence-electron chi connectivity index (χ1n) is 8.34. The summed E-state index contributed by atoms with van der Waals surface area (Å²) in [5.74, 6) is 3.32. The van der Waals surface area contributed by atoms with Crippen LogP contribution in [0.5, 0.6) is 6.01 Å². The molecule has 1 fully saturated rings. The molecule has 0 N–H and O–H groups in total. The van der Waals surface area contributed by atoms with Crippen LogP contribution in [0.2, 0.25) is 0 Å². The quantitative estimate of drug-likeness (QED) is 0.646. The number of allylic oxidation sites excluding steroid dienone is 1. The number of hydrogen-bond acceptors (Lipinski definition) is 6. The SMILES string of the molecule is C=CCCC(CN1CCSCC1)Oc1nccc(N(C)CC)n1. The van der Waals surface area contributed by atoms with Crippen LogP contribution in [0.1, 0.15) is 19.8 Å². The molecule has 1 atom stereocenters. The Morgan fingerprint density at radius 3 is 2.96 bits per heavy atom. The predicted molar refractivity (Wildman–Crippen MR) is 98.6 cm³/mol. The van der Waals surface area contributed by atoms with Crippen molar-refractivity contribution in [3.05, 3.63) is 24.9 Å². The van der Waals surface area contributed by atoms with Gasteiger partial charge in [-0.2, -0.15) is 16.7 Å². The van der Waals surface area contributed by atoms with Gasteiger partial charge in [-0.25, -0.2) is 4.98 Å². The minimum atomic E-state index is 0.110. The molecule has 0 aromatic carbocycles. The first-order chi connectivity index (χ1) is 11.2. The van der Waals surface area contributed by atoms with Crippen LogP contribution in [-0.2, 0) is 0 Å². The Morgan fingerprint density at radius 1 is 1.48 bits per heavy atom. The van der Waals surface area contributed by atoms with Gasteiger partial charge in [-0.1, -0.05) is 6.08 Å². The highest BCUT2D eigenvalue weighted by Gasteiger charge is 2.19. The van der Waals surface area contributed by atoms with Crippen molar-refractivity contribution in [2.24, 2.45) is 0 Å². The molecule has 6 heteroatoms. The first kappa shape index (κ1) is 18.1. The van der Waals surface area contributed by atoms with Crippen molar-refractivity contribution in [1.82, 2.24) is 14.9 Å². The highest BCUT2D eigenvalue weighted by Crippen LogP contribution is 2.16. The normalized spacial score (nSPS) is 16.8. The van der Waals surface area contributed by atoms with Crippen LogP contribution in [0.4, 0.5) is 5.82 Å². The predicted octanol–water partition coefficient (Wildman–Crippen LogP) is 2.70. The summed E-state index contributed by atoms with van der Waals surface area (Å²) in [5, 5.41) is 0. The molecule has 0 spiro atoms. The molecule has 2 rings (SSSR count). The van der Waals surface area contributed by atoms with E-state index < -0.39 is 0 Å². The van der Waals surface area contributed by atoms with Crippen molar-refractivity contribution in [2.75, 3.05) is 49.6 Å². The molecule has 0 bridgehead atoms. The fourth-order valence-electron chi connectivity index (χ4n) is 2.48. The van der Waals surface area contributed by atoms with E-state index in [9.17, 15) is 0 Å². The minimum Gasteiger partial charge on any atom is -0.459 e. The number of ether oxygens (including phenoxy) is 1. The monoisotopic (exact) mass is 336 g/mol. The van der Waals surface area contributed by atoms with E-state index in [2.05, 4.69) is 33.3 Å². The number of aromatic nitrogens is 2. The van der Waals surface area contributed by atoms with Gasteiger partial charge in [0.1, 0.15) is 11.9 Å². The lowest BCUT2D eigenvalue weighted by atomic mass is 10.2. The Labute approximate surface area is 144 Å². The molecule has 0 saturated carbocycles. The number of hydrogen-bond donors (Lipinski definition) is 0. The second kappa shape index (κ2) is 9.78. The Hall–Kier alpha value is -1.27. The molecule has 1 aromatic rings. The van der Waals surface area contributed by atoms with Crippen molar-refractivity contribution >= 4 is 17.6 Å². The molecule has 1 aliphatic heterocycles. The van der Waals surface area contributed by atoms with Crippen molar-refractivity contribution in [3.8, 4) is 6.01 Å². The second-order valence-corrected chi connectivity index (χ2v) is 6.96. The van der Waals surface area contributed by atoms with Crippen LogP contribution in [0.15, 0.2) is 24.9 Å². The Kier molecular flexibility index (Phi) is 7.68. The van der Waals surface area contributed by atoms with E-state index in [1.54, 1.807) is 6.20 Å². The number of thioether (sulfide) groups is 1. The topological polar surface area (TPSA) is 41.5 Å². The summed E-state index contributed by atoms with van der Waals surface area (Å²) in [7, 11) is 2.02. The van der Waals surface area contributed by atoms with Gasteiger partial charge in [-0.05, 0) is 25.8 Å². The lowest BCUT2D eigenvalue weighted by Crippen LogP contribution is -2.40. The molecule has 1 unspecified atom stereocenters. The third kappa shape index (κ3) is 6.03. The van der Waals surface area contributed by atoms with Crippen molar-refractivity contribution < 1.29 is 4.74 Å². The fraction of sp³-hybridized carbons (Fsp3) is 0.647.